The number of para-hydroxylation sites is 1. The van der Waals surface area contributed by atoms with Gasteiger partial charge in [-0.15, -0.1) is 11.3 Å². The van der Waals surface area contributed by atoms with Crippen LogP contribution in [-0.2, 0) is 6.42 Å². The van der Waals surface area contributed by atoms with Crippen molar-refractivity contribution in [1.29, 1.82) is 0 Å². The molecule has 0 spiro atoms. The molecule has 140 valence electrons. The van der Waals surface area contributed by atoms with Crippen LogP contribution in [0, 0.1) is 0 Å². The largest absolute Gasteiger partial charge is 0.369 e. The number of nitrogens with zero attached hydrogens (tertiary/aromatic N) is 3. The Hall–Kier alpha value is -2.40. The molecule has 1 aliphatic rings. The summed E-state index contributed by atoms with van der Waals surface area (Å²) in [5.74, 6) is 0.165. The van der Waals surface area contributed by atoms with Gasteiger partial charge in [-0.2, -0.15) is 0 Å². The second-order valence-corrected chi connectivity index (χ2v) is 7.96. The number of benzene rings is 1. The van der Waals surface area contributed by atoms with Crippen LogP contribution in [0.25, 0.3) is 10.9 Å². The van der Waals surface area contributed by atoms with Gasteiger partial charge in [-0.05, 0) is 36.4 Å². The molecule has 0 bridgehead atoms. The highest BCUT2D eigenvalue weighted by molar-refractivity contribution is 7.12. The number of anilines is 1. The van der Waals surface area contributed by atoms with Crippen LogP contribution < -0.4 is 4.90 Å². The number of thiophene rings is 1. The summed E-state index contributed by atoms with van der Waals surface area (Å²) in [6, 6.07) is 14.5. The fraction of sp³-hybridized carbons (Fsp3) is 0.364. The Kier molecular flexibility index (Phi) is 5.39. The normalized spacial score (nSPS) is 15.1. The Labute approximate surface area is 164 Å². The first-order valence-corrected chi connectivity index (χ1v) is 10.6. The van der Waals surface area contributed by atoms with Crippen LogP contribution in [0.1, 0.15) is 35.1 Å². The average Bonchev–Trinajstić information content (AvgIpc) is 3.12. The number of hydrogen-bond acceptors (Lipinski definition) is 4. The van der Waals surface area contributed by atoms with E-state index >= 15 is 0 Å². The third kappa shape index (κ3) is 3.83. The third-order valence-corrected chi connectivity index (χ3v) is 5.97. The first kappa shape index (κ1) is 18.0. The number of amides is 1. The molecule has 0 saturated carbocycles. The maximum atomic E-state index is 12.7. The Bertz CT molecular complexity index is 922. The van der Waals surface area contributed by atoms with Crippen LogP contribution in [-0.4, -0.2) is 42.0 Å². The molecule has 27 heavy (non-hydrogen) atoms. The minimum absolute atomic E-state index is 0.165. The zero-order valence-corrected chi connectivity index (χ0v) is 16.5. The molecule has 3 heterocycles. The van der Waals surface area contributed by atoms with Crippen LogP contribution in [0.5, 0.6) is 0 Å². The number of carbonyl (C=O) groups excluding carboxylic acids is 1. The summed E-state index contributed by atoms with van der Waals surface area (Å²) in [7, 11) is 0. The molecule has 1 aromatic carbocycles. The van der Waals surface area contributed by atoms with Gasteiger partial charge in [0.25, 0.3) is 5.91 Å². The van der Waals surface area contributed by atoms with Gasteiger partial charge < -0.3 is 9.80 Å². The van der Waals surface area contributed by atoms with E-state index in [1.54, 1.807) is 0 Å². The van der Waals surface area contributed by atoms with E-state index in [0.29, 0.717) is 0 Å². The standard InChI is InChI=1S/C22H25N3OS/c1-2-7-17-16-20(18-8-3-4-9-19(18)23-17)24-11-6-12-25(14-13-24)22(26)21-10-5-15-27-21/h3-5,8-10,15-16H,2,6-7,11-14H2,1H3. The lowest BCUT2D eigenvalue weighted by Crippen LogP contribution is -2.35. The molecule has 3 aromatic rings. The highest BCUT2D eigenvalue weighted by Crippen LogP contribution is 2.28. The molecule has 1 amide bonds. The second-order valence-electron chi connectivity index (χ2n) is 7.01. The first-order valence-electron chi connectivity index (χ1n) is 9.72. The fourth-order valence-electron chi connectivity index (χ4n) is 3.77. The second kappa shape index (κ2) is 8.09. The molecule has 0 aliphatic carbocycles. The zero-order valence-electron chi connectivity index (χ0n) is 15.7. The quantitative estimate of drug-likeness (QED) is 0.665. The SMILES string of the molecule is CCCc1cc(N2CCCN(C(=O)c3cccs3)CC2)c2ccccc2n1. The van der Waals surface area contributed by atoms with Gasteiger partial charge in [0.2, 0.25) is 0 Å². The van der Waals surface area contributed by atoms with E-state index in [1.807, 2.05) is 22.4 Å². The topological polar surface area (TPSA) is 36.4 Å². The monoisotopic (exact) mass is 379 g/mol. The van der Waals surface area contributed by atoms with Gasteiger partial charge in [-0.25, -0.2) is 0 Å². The zero-order chi connectivity index (χ0) is 18.6. The van der Waals surface area contributed by atoms with E-state index in [1.165, 1.54) is 22.4 Å². The maximum Gasteiger partial charge on any atom is 0.263 e. The lowest BCUT2D eigenvalue weighted by molar-refractivity contribution is 0.0772. The number of carbonyl (C=O) groups is 1. The van der Waals surface area contributed by atoms with Crippen molar-refractivity contribution in [2.45, 2.75) is 26.2 Å². The van der Waals surface area contributed by atoms with Crippen molar-refractivity contribution >= 4 is 33.8 Å². The van der Waals surface area contributed by atoms with Gasteiger partial charge in [0.05, 0.1) is 10.4 Å². The Morgan fingerprint density at radius 3 is 2.81 bits per heavy atom. The molecule has 0 N–H and O–H groups in total. The predicted octanol–water partition coefficient (Wildman–Crippen LogP) is 4.60. The number of fused-ring (bicyclic) bond motifs is 1. The molecule has 0 atom stereocenters. The van der Waals surface area contributed by atoms with Gasteiger partial charge in [0.15, 0.2) is 0 Å². The maximum absolute atomic E-state index is 12.7. The van der Waals surface area contributed by atoms with Crippen LogP contribution in [0.15, 0.2) is 47.8 Å². The summed E-state index contributed by atoms with van der Waals surface area (Å²) < 4.78 is 0. The number of hydrogen-bond donors (Lipinski definition) is 0. The minimum atomic E-state index is 0.165. The average molecular weight is 380 g/mol. The van der Waals surface area contributed by atoms with Crippen LogP contribution in [0.2, 0.25) is 0 Å². The first-order chi connectivity index (χ1) is 13.3. The van der Waals surface area contributed by atoms with E-state index in [0.717, 1.165) is 61.5 Å². The third-order valence-electron chi connectivity index (χ3n) is 5.11. The summed E-state index contributed by atoms with van der Waals surface area (Å²) in [4.78, 5) is 22.8. The van der Waals surface area contributed by atoms with Crippen LogP contribution in [0.3, 0.4) is 0 Å². The van der Waals surface area contributed by atoms with Crippen molar-refractivity contribution < 1.29 is 4.79 Å². The molecule has 1 aliphatic heterocycles. The lowest BCUT2D eigenvalue weighted by Gasteiger charge is -2.25. The molecule has 2 aromatic heterocycles. The van der Waals surface area contributed by atoms with Gasteiger partial charge in [0, 0.05) is 42.9 Å². The fourth-order valence-corrected chi connectivity index (χ4v) is 4.46. The van der Waals surface area contributed by atoms with E-state index in [9.17, 15) is 4.79 Å². The molecule has 4 nitrogen and oxygen atoms in total. The van der Waals surface area contributed by atoms with Gasteiger partial charge >= 0.3 is 0 Å². The van der Waals surface area contributed by atoms with Crippen molar-refractivity contribution in [2.75, 3.05) is 31.1 Å². The van der Waals surface area contributed by atoms with Crippen LogP contribution in [0.4, 0.5) is 5.69 Å². The number of pyridine rings is 1. The predicted molar refractivity (Wildman–Crippen MR) is 113 cm³/mol. The van der Waals surface area contributed by atoms with Gasteiger partial charge in [0.1, 0.15) is 0 Å². The number of aryl methyl sites for hydroxylation is 1. The Balaban J connectivity index is 1.59. The molecule has 4 rings (SSSR count). The van der Waals surface area contributed by atoms with E-state index in [-0.39, 0.29) is 5.91 Å². The summed E-state index contributed by atoms with van der Waals surface area (Å²) in [6.45, 7) is 5.59. The lowest BCUT2D eigenvalue weighted by atomic mass is 10.1. The van der Waals surface area contributed by atoms with E-state index < -0.39 is 0 Å². The molecular formula is C22H25N3OS. The van der Waals surface area contributed by atoms with Crippen molar-refractivity contribution in [2.24, 2.45) is 0 Å². The molecule has 0 unspecified atom stereocenters. The highest BCUT2D eigenvalue weighted by Gasteiger charge is 2.22. The van der Waals surface area contributed by atoms with Crippen molar-refractivity contribution in [1.82, 2.24) is 9.88 Å². The number of aromatic nitrogens is 1. The van der Waals surface area contributed by atoms with Crippen molar-refractivity contribution in [3.05, 3.63) is 58.4 Å². The molecule has 0 radical (unpaired) electrons. The Morgan fingerprint density at radius 1 is 1.11 bits per heavy atom. The summed E-state index contributed by atoms with van der Waals surface area (Å²) in [6.07, 6.45) is 3.07. The number of rotatable bonds is 4. The molecule has 1 fully saturated rings. The Morgan fingerprint density at radius 2 is 2.00 bits per heavy atom. The van der Waals surface area contributed by atoms with Crippen molar-refractivity contribution in [3.63, 3.8) is 0 Å². The molecular weight excluding hydrogens is 354 g/mol. The smallest absolute Gasteiger partial charge is 0.263 e. The highest BCUT2D eigenvalue weighted by atomic mass is 32.1. The van der Waals surface area contributed by atoms with E-state index in [2.05, 4.69) is 42.2 Å². The summed E-state index contributed by atoms with van der Waals surface area (Å²) in [5.41, 5.74) is 3.48. The summed E-state index contributed by atoms with van der Waals surface area (Å²) in [5, 5.41) is 3.17. The van der Waals surface area contributed by atoms with E-state index in [4.69, 9.17) is 4.98 Å². The van der Waals surface area contributed by atoms with Gasteiger partial charge in [-0.1, -0.05) is 37.6 Å². The van der Waals surface area contributed by atoms with Gasteiger partial charge in [-0.3, -0.25) is 9.78 Å². The minimum Gasteiger partial charge on any atom is -0.369 e. The molecule has 5 heteroatoms. The van der Waals surface area contributed by atoms with Crippen molar-refractivity contribution in [3.8, 4) is 0 Å². The molecule has 1 saturated heterocycles. The summed E-state index contributed by atoms with van der Waals surface area (Å²) >= 11 is 1.52. The van der Waals surface area contributed by atoms with Crippen LogP contribution >= 0.6 is 11.3 Å².